The zero-order chi connectivity index (χ0) is 14.5. The van der Waals surface area contributed by atoms with Crippen LogP contribution in [0.3, 0.4) is 0 Å². The molecule has 4 heteroatoms. The predicted octanol–water partition coefficient (Wildman–Crippen LogP) is 3.30. The monoisotopic (exact) mass is 294 g/mol. The highest BCUT2D eigenvalue weighted by molar-refractivity contribution is 6.30. The fraction of sp³-hybridized carbons (Fsp3) is 0.562. The second kappa shape index (κ2) is 7.09. The second-order valence-electron chi connectivity index (χ2n) is 5.57. The van der Waals surface area contributed by atoms with Crippen LogP contribution in [0, 0.1) is 5.92 Å². The van der Waals surface area contributed by atoms with E-state index in [0.717, 1.165) is 36.4 Å². The third-order valence-corrected chi connectivity index (χ3v) is 4.30. The van der Waals surface area contributed by atoms with E-state index in [9.17, 15) is 4.79 Å². The molecule has 3 atom stereocenters. The predicted molar refractivity (Wildman–Crippen MR) is 82.8 cm³/mol. The maximum atomic E-state index is 12.4. The maximum Gasteiger partial charge on any atom is 0.237 e. The van der Waals surface area contributed by atoms with Crippen molar-refractivity contribution >= 4 is 17.5 Å². The molecule has 20 heavy (non-hydrogen) atoms. The Morgan fingerprint density at radius 2 is 2.15 bits per heavy atom. The van der Waals surface area contributed by atoms with Gasteiger partial charge in [0.2, 0.25) is 5.91 Å². The van der Waals surface area contributed by atoms with Gasteiger partial charge in [-0.1, -0.05) is 37.6 Å². The Balaban J connectivity index is 2.02. The number of carbonyl (C=O) groups is 1. The molecule has 1 fully saturated rings. The number of piperidine rings is 1. The molecule has 0 aromatic heterocycles. The molecule has 110 valence electrons. The van der Waals surface area contributed by atoms with E-state index in [0.29, 0.717) is 5.92 Å². The summed E-state index contributed by atoms with van der Waals surface area (Å²) >= 11 is 5.91. The molecule has 0 aliphatic carbocycles. The Labute approximate surface area is 126 Å². The molecule has 1 aliphatic heterocycles. The van der Waals surface area contributed by atoms with Crippen LogP contribution < -0.4 is 10.6 Å². The molecule has 0 radical (unpaired) electrons. The molecule has 1 amide bonds. The van der Waals surface area contributed by atoms with Gasteiger partial charge in [-0.3, -0.25) is 4.79 Å². The minimum atomic E-state index is -0.0647. The molecule has 1 heterocycles. The lowest BCUT2D eigenvalue weighted by Gasteiger charge is -2.30. The molecule has 3 unspecified atom stereocenters. The molecule has 1 saturated heterocycles. The summed E-state index contributed by atoms with van der Waals surface area (Å²) in [4.78, 5) is 12.4. The highest BCUT2D eigenvalue weighted by atomic mass is 35.5. The van der Waals surface area contributed by atoms with Crippen LogP contribution in [0.4, 0.5) is 0 Å². The van der Waals surface area contributed by atoms with Crippen LogP contribution in [-0.4, -0.2) is 18.5 Å². The van der Waals surface area contributed by atoms with E-state index in [1.165, 1.54) is 0 Å². The molecule has 1 aromatic carbocycles. The topological polar surface area (TPSA) is 41.1 Å². The second-order valence-corrected chi connectivity index (χ2v) is 6.01. The Morgan fingerprint density at radius 3 is 2.75 bits per heavy atom. The number of halogens is 1. The van der Waals surface area contributed by atoms with Crippen LogP contribution in [0.5, 0.6) is 0 Å². The fourth-order valence-electron chi connectivity index (χ4n) is 2.78. The summed E-state index contributed by atoms with van der Waals surface area (Å²) in [5, 5.41) is 7.20. The van der Waals surface area contributed by atoms with Gasteiger partial charge < -0.3 is 10.6 Å². The van der Waals surface area contributed by atoms with Gasteiger partial charge in [-0.25, -0.2) is 0 Å². The molecule has 2 rings (SSSR count). The Bertz CT molecular complexity index is 446. The SMILES string of the molecule is CCC(NC(=O)C1NCCCC1C)c1ccc(Cl)cc1. The van der Waals surface area contributed by atoms with Crippen LogP contribution in [-0.2, 0) is 4.79 Å². The number of amides is 1. The van der Waals surface area contributed by atoms with Gasteiger partial charge in [0.05, 0.1) is 12.1 Å². The Morgan fingerprint density at radius 1 is 1.45 bits per heavy atom. The van der Waals surface area contributed by atoms with E-state index >= 15 is 0 Å². The van der Waals surface area contributed by atoms with Crippen molar-refractivity contribution in [2.75, 3.05) is 6.54 Å². The van der Waals surface area contributed by atoms with Crippen LogP contribution in [0.1, 0.15) is 44.7 Å². The minimum absolute atomic E-state index is 0.0516. The van der Waals surface area contributed by atoms with Crippen LogP contribution in [0.25, 0.3) is 0 Å². The largest absolute Gasteiger partial charge is 0.348 e. The first-order chi connectivity index (χ1) is 9.61. The maximum absolute atomic E-state index is 12.4. The van der Waals surface area contributed by atoms with E-state index < -0.39 is 0 Å². The summed E-state index contributed by atoms with van der Waals surface area (Å²) in [5.41, 5.74) is 1.11. The van der Waals surface area contributed by atoms with Crippen molar-refractivity contribution in [1.29, 1.82) is 0 Å². The van der Waals surface area contributed by atoms with Crippen LogP contribution in [0.15, 0.2) is 24.3 Å². The molecular weight excluding hydrogens is 272 g/mol. The summed E-state index contributed by atoms with van der Waals surface area (Å²) in [6.07, 6.45) is 3.14. The van der Waals surface area contributed by atoms with Crippen LogP contribution >= 0.6 is 11.6 Å². The molecule has 0 bridgehead atoms. The van der Waals surface area contributed by atoms with Crippen molar-refractivity contribution in [2.24, 2.45) is 5.92 Å². The summed E-state index contributed by atoms with van der Waals surface area (Å²) < 4.78 is 0. The van der Waals surface area contributed by atoms with Gasteiger partial charge in [-0.2, -0.15) is 0 Å². The molecule has 0 spiro atoms. The van der Waals surface area contributed by atoms with Crippen molar-refractivity contribution in [3.8, 4) is 0 Å². The normalized spacial score (nSPS) is 24.1. The van der Waals surface area contributed by atoms with Gasteiger partial charge in [0, 0.05) is 5.02 Å². The molecule has 2 N–H and O–H groups in total. The quantitative estimate of drug-likeness (QED) is 0.894. The summed E-state index contributed by atoms with van der Waals surface area (Å²) in [6.45, 7) is 5.15. The van der Waals surface area contributed by atoms with E-state index in [1.54, 1.807) is 0 Å². The lowest BCUT2D eigenvalue weighted by molar-refractivity contribution is -0.125. The standard InChI is InChI=1S/C16H23ClN2O/c1-3-14(12-6-8-13(17)9-7-12)19-16(20)15-11(2)5-4-10-18-15/h6-9,11,14-15,18H,3-5,10H2,1-2H3,(H,19,20). The Hall–Kier alpha value is -1.06. The average molecular weight is 295 g/mol. The van der Waals surface area contributed by atoms with E-state index in [2.05, 4.69) is 24.5 Å². The summed E-state index contributed by atoms with van der Waals surface area (Å²) in [5.74, 6) is 0.505. The minimum Gasteiger partial charge on any atom is -0.348 e. The highest BCUT2D eigenvalue weighted by Gasteiger charge is 2.28. The van der Waals surface area contributed by atoms with Crippen molar-refractivity contribution in [1.82, 2.24) is 10.6 Å². The van der Waals surface area contributed by atoms with Gasteiger partial charge in [0.25, 0.3) is 0 Å². The van der Waals surface area contributed by atoms with Crippen molar-refractivity contribution in [3.05, 3.63) is 34.9 Å². The zero-order valence-corrected chi connectivity index (χ0v) is 12.9. The van der Waals surface area contributed by atoms with Gasteiger partial charge >= 0.3 is 0 Å². The number of rotatable bonds is 4. The number of benzene rings is 1. The van der Waals surface area contributed by atoms with Gasteiger partial charge in [-0.05, 0) is 49.4 Å². The summed E-state index contributed by atoms with van der Waals surface area (Å²) in [6, 6.07) is 7.68. The molecule has 3 nitrogen and oxygen atoms in total. The van der Waals surface area contributed by atoms with Gasteiger partial charge in [-0.15, -0.1) is 0 Å². The molecule has 1 aliphatic rings. The van der Waals surface area contributed by atoms with E-state index in [4.69, 9.17) is 11.6 Å². The highest BCUT2D eigenvalue weighted by Crippen LogP contribution is 2.21. The lowest BCUT2D eigenvalue weighted by Crippen LogP contribution is -2.51. The third kappa shape index (κ3) is 3.74. The molecule has 1 aromatic rings. The first-order valence-corrected chi connectivity index (χ1v) is 7.78. The smallest absolute Gasteiger partial charge is 0.237 e. The number of nitrogens with one attached hydrogen (secondary N) is 2. The van der Waals surface area contributed by atoms with Crippen molar-refractivity contribution in [2.45, 2.75) is 45.2 Å². The van der Waals surface area contributed by atoms with Crippen molar-refractivity contribution in [3.63, 3.8) is 0 Å². The number of hydrogen-bond acceptors (Lipinski definition) is 2. The Kier molecular flexibility index (Phi) is 5.44. The van der Waals surface area contributed by atoms with E-state index in [-0.39, 0.29) is 18.0 Å². The third-order valence-electron chi connectivity index (χ3n) is 4.05. The average Bonchev–Trinajstić information content (AvgIpc) is 2.46. The number of hydrogen-bond donors (Lipinski definition) is 2. The lowest BCUT2D eigenvalue weighted by atomic mass is 9.91. The molecule has 0 saturated carbocycles. The van der Waals surface area contributed by atoms with Crippen molar-refractivity contribution < 1.29 is 4.79 Å². The first-order valence-electron chi connectivity index (χ1n) is 7.41. The number of carbonyl (C=O) groups excluding carboxylic acids is 1. The first kappa shape index (κ1) is 15.3. The summed E-state index contributed by atoms with van der Waals surface area (Å²) in [7, 11) is 0. The van der Waals surface area contributed by atoms with Gasteiger partial charge in [0.1, 0.15) is 0 Å². The molecular formula is C16H23ClN2O. The van der Waals surface area contributed by atoms with Gasteiger partial charge in [0.15, 0.2) is 0 Å². The fourth-order valence-corrected chi connectivity index (χ4v) is 2.90. The zero-order valence-electron chi connectivity index (χ0n) is 12.2. The van der Waals surface area contributed by atoms with Crippen LogP contribution in [0.2, 0.25) is 5.02 Å². The van der Waals surface area contributed by atoms with E-state index in [1.807, 2.05) is 24.3 Å².